The van der Waals surface area contributed by atoms with E-state index in [9.17, 15) is 18.0 Å². The van der Waals surface area contributed by atoms with Crippen LogP contribution in [-0.4, -0.2) is 53.6 Å². The quantitative estimate of drug-likeness (QED) is 0.768. The van der Waals surface area contributed by atoms with Crippen LogP contribution >= 0.6 is 0 Å². The molecule has 3 rings (SSSR count). The molecule has 0 aromatic carbocycles. The lowest BCUT2D eigenvalue weighted by atomic mass is 9.92. The van der Waals surface area contributed by atoms with Crippen molar-refractivity contribution in [2.75, 3.05) is 24.6 Å². The number of carbonyl (C=O) groups excluding carboxylic acids is 1. The van der Waals surface area contributed by atoms with E-state index in [1.54, 1.807) is 21.7 Å². The van der Waals surface area contributed by atoms with Crippen LogP contribution in [0.25, 0.3) is 0 Å². The van der Waals surface area contributed by atoms with Crippen molar-refractivity contribution in [3.05, 3.63) is 28.2 Å². The van der Waals surface area contributed by atoms with Gasteiger partial charge in [-0.2, -0.15) is 5.10 Å². The topological polar surface area (TPSA) is 89.3 Å². The average Bonchev–Trinajstić information content (AvgIpc) is 2.96. The number of sulfone groups is 1. The second kappa shape index (κ2) is 7.37. The van der Waals surface area contributed by atoms with Gasteiger partial charge in [0.15, 0.2) is 9.84 Å². The van der Waals surface area contributed by atoms with Crippen molar-refractivity contribution in [1.29, 1.82) is 0 Å². The molecule has 1 aromatic heterocycles. The van der Waals surface area contributed by atoms with Crippen LogP contribution in [0.1, 0.15) is 45.7 Å². The molecule has 8 heteroatoms. The van der Waals surface area contributed by atoms with Crippen molar-refractivity contribution in [1.82, 2.24) is 14.7 Å². The van der Waals surface area contributed by atoms with E-state index in [4.69, 9.17) is 0 Å². The Kier molecular flexibility index (Phi) is 5.47. The molecule has 150 valence electrons. The van der Waals surface area contributed by atoms with E-state index >= 15 is 0 Å². The first kappa shape index (κ1) is 20.0. The minimum Gasteiger partial charge on any atom is -0.342 e. The second-order valence-corrected chi connectivity index (χ2v) is 11.1. The molecule has 7 nitrogen and oxygen atoms in total. The Morgan fingerprint density at radius 1 is 1.19 bits per heavy atom. The van der Waals surface area contributed by atoms with Gasteiger partial charge in [0.25, 0.3) is 5.56 Å². The summed E-state index contributed by atoms with van der Waals surface area (Å²) in [7, 11) is -3.05. The van der Waals surface area contributed by atoms with E-state index in [1.165, 1.54) is 0 Å². The van der Waals surface area contributed by atoms with Gasteiger partial charge in [-0.3, -0.25) is 9.59 Å². The second-order valence-electron chi connectivity index (χ2n) is 8.86. The Morgan fingerprint density at radius 3 is 2.41 bits per heavy atom. The van der Waals surface area contributed by atoms with Crippen LogP contribution in [0.15, 0.2) is 16.9 Å². The van der Waals surface area contributed by atoms with Crippen LogP contribution in [0.3, 0.4) is 0 Å². The Bertz CT molecular complexity index is 862. The minimum atomic E-state index is -3.05. The highest BCUT2D eigenvalue weighted by atomic mass is 32.2. The van der Waals surface area contributed by atoms with Crippen molar-refractivity contribution in [2.24, 2.45) is 11.8 Å². The number of hydrogen-bond donors (Lipinski definition) is 0. The largest absolute Gasteiger partial charge is 0.342 e. The molecule has 1 atom stereocenters. The molecule has 2 aliphatic rings. The van der Waals surface area contributed by atoms with Crippen molar-refractivity contribution < 1.29 is 13.2 Å². The molecule has 0 bridgehead atoms. The van der Waals surface area contributed by atoms with E-state index in [1.807, 2.05) is 0 Å². The molecule has 1 unspecified atom stereocenters. The zero-order valence-electron chi connectivity index (χ0n) is 16.3. The molecule has 1 aromatic rings. The monoisotopic (exact) mass is 395 g/mol. The van der Waals surface area contributed by atoms with Gasteiger partial charge in [-0.15, -0.1) is 0 Å². The lowest BCUT2D eigenvalue weighted by molar-refractivity contribution is -0.136. The summed E-state index contributed by atoms with van der Waals surface area (Å²) in [5, 5.41) is 4.53. The van der Waals surface area contributed by atoms with E-state index in [-0.39, 0.29) is 34.3 Å². The molecule has 0 spiro atoms. The highest BCUT2D eigenvalue weighted by Crippen LogP contribution is 2.25. The minimum absolute atomic E-state index is 0.00925. The SMILES string of the molecule is CC(C)(C)c1ccc(=O)n(CC2CCN(C(=O)C3CCS(=O)(=O)C3)CC2)n1. The Labute approximate surface area is 160 Å². The zero-order valence-corrected chi connectivity index (χ0v) is 17.2. The van der Waals surface area contributed by atoms with Gasteiger partial charge in [-0.25, -0.2) is 13.1 Å². The third kappa shape index (κ3) is 4.78. The van der Waals surface area contributed by atoms with Gasteiger partial charge >= 0.3 is 0 Å². The van der Waals surface area contributed by atoms with Gasteiger partial charge < -0.3 is 4.90 Å². The Hall–Kier alpha value is -1.70. The standard InChI is InChI=1S/C19H29N3O4S/c1-19(2,3)16-4-5-17(23)22(20-16)12-14-6-9-21(10-7-14)18(24)15-8-11-27(25,26)13-15/h4-5,14-15H,6-13H2,1-3H3. The van der Waals surface area contributed by atoms with Gasteiger partial charge in [0.1, 0.15) is 0 Å². The lowest BCUT2D eigenvalue weighted by Crippen LogP contribution is -2.43. The van der Waals surface area contributed by atoms with Crippen LogP contribution in [0.5, 0.6) is 0 Å². The Balaban J connectivity index is 1.59. The summed E-state index contributed by atoms with van der Waals surface area (Å²) in [6.07, 6.45) is 2.05. The summed E-state index contributed by atoms with van der Waals surface area (Å²) in [4.78, 5) is 26.5. The van der Waals surface area contributed by atoms with E-state index in [2.05, 4.69) is 25.9 Å². The average molecular weight is 396 g/mol. The number of aromatic nitrogens is 2. The maximum Gasteiger partial charge on any atom is 0.266 e. The van der Waals surface area contributed by atoms with Crippen LogP contribution < -0.4 is 5.56 Å². The summed E-state index contributed by atoms with van der Waals surface area (Å²) >= 11 is 0. The van der Waals surface area contributed by atoms with Crippen molar-refractivity contribution in [2.45, 2.75) is 52.0 Å². The zero-order chi connectivity index (χ0) is 19.8. The van der Waals surface area contributed by atoms with Crippen molar-refractivity contribution in [3.8, 4) is 0 Å². The smallest absolute Gasteiger partial charge is 0.266 e. The first-order chi connectivity index (χ1) is 12.5. The molecule has 3 heterocycles. The summed E-state index contributed by atoms with van der Waals surface area (Å²) in [5.74, 6) is 0.00380. The summed E-state index contributed by atoms with van der Waals surface area (Å²) in [6.45, 7) is 8.00. The fourth-order valence-electron chi connectivity index (χ4n) is 3.81. The van der Waals surface area contributed by atoms with Gasteiger partial charge in [0, 0.05) is 31.1 Å². The van der Waals surface area contributed by atoms with E-state index in [0.717, 1.165) is 18.5 Å². The molecule has 2 fully saturated rings. The summed E-state index contributed by atoms with van der Waals surface area (Å²) < 4.78 is 24.8. The normalized spacial score (nSPS) is 23.5. The van der Waals surface area contributed by atoms with Crippen LogP contribution in [-0.2, 0) is 26.6 Å². The highest BCUT2D eigenvalue weighted by Gasteiger charge is 2.36. The molecule has 2 saturated heterocycles. The number of piperidine rings is 1. The first-order valence-corrected chi connectivity index (χ1v) is 11.5. The van der Waals surface area contributed by atoms with Crippen LogP contribution in [0, 0.1) is 11.8 Å². The molecule has 0 saturated carbocycles. The van der Waals surface area contributed by atoms with Crippen molar-refractivity contribution in [3.63, 3.8) is 0 Å². The lowest BCUT2D eigenvalue weighted by Gasteiger charge is -2.33. The van der Waals surface area contributed by atoms with Gasteiger partial charge in [0.2, 0.25) is 5.91 Å². The number of carbonyl (C=O) groups is 1. The molecule has 0 N–H and O–H groups in total. The predicted molar refractivity (Wildman–Crippen MR) is 103 cm³/mol. The molecular formula is C19H29N3O4S. The molecule has 2 aliphatic heterocycles. The Morgan fingerprint density at radius 2 is 1.85 bits per heavy atom. The molecule has 1 amide bonds. The molecule has 27 heavy (non-hydrogen) atoms. The maximum atomic E-state index is 12.6. The van der Waals surface area contributed by atoms with Gasteiger partial charge in [-0.05, 0) is 31.2 Å². The molecular weight excluding hydrogens is 366 g/mol. The van der Waals surface area contributed by atoms with E-state index < -0.39 is 9.84 Å². The van der Waals surface area contributed by atoms with Gasteiger partial charge in [-0.1, -0.05) is 20.8 Å². The van der Waals surface area contributed by atoms with Crippen LogP contribution in [0.2, 0.25) is 0 Å². The molecule has 0 aliphatic carbocycles. The van der Waals surface area contributed by atoms with Crippen LogP contribution in [0.4, 0.5) is 0 Å². The fourth-order valence-corrected chi connectivity index (χ4v) is 5.54. The predicted octanol–water partition coefficient (Wildman–Crippen LogP) is 1.21. The maximum absolute atomic E-state index is 12.6. The highest BCUT2D eigenvalue weighted by molar-refractivity contribution is 7.91. The van der Waals surface area contributed by atoms with Gasteiger partial charge in [0.05, 0.1) is 23.1 Å². The first-order valence-electron chi connectivity index (χ1n) is 9.63. The summed E-state index contributed by atoms with van der Waals surface area (Å²) in [6, 6.07) is 3.36. The fraction of sp³-hybridized carbons (Fsp3) is 0.737. The summed E-state index contributed by atoms with van der Waals surface area (Å²) in [5.41, 5.74) is 0.669. The number of hydrogen-bond acceptors (Lipinski definition) is 5. The number of likely N-dealkylation sites (tertiary alicyclic amines) is 1. The van der Waals surface area contributed by atoms with E-state index in [0.29, 0.717) is 32.0 Å². The number of rotatable bonds is 3. The number of nitrogens with zero attached hydrogens (tertiary/aromatic N) is 3. The third-order valence-electron chi connectivity index (χ3n) is 5.57. The molecule has 0 radical (unpaired) electrons. The third-order valence-corrected chi connectivity index (χ3v) is 7.34. The number of amides is 1. The van der Waals surface area contributed by atoms with Crippen molar-refractivity contribution >= 4 is 15.7 Å².